The first-order valence-electron chi connectivity index (χ1n) is 13.7. The molecule has 1 aromatic rings. The van der Waals surface area contributed by atoms with Crippen molar-refractivity contribution in [2.45, 2.75) is 82.8 Å². The Kier molecular flexibility index (Phi) is 8.11. The molecule has 200 valence electrons. The van der Waals surface area contributed by atoms with E-state index in [4.69, 9.17) is 4.74 Å². The van der Waals surface area contributed by atoms with E-state index < -0.39 is 17.1 Å². The SMILES string of the molecule is CC(C)(C)OC(=O)NC1CCN(C(=O)C2CCCCC2C(=O)N2CCC(C#N)(c3ccccc3)CC2)C1. The Hall–Kier alpha value is -3.08. The van der Waals surface area contributed by atoms with Crippen LogP contribution in [0.15, 0.2) is 30.3 Å². The summed E-state index contributed by atoms with van der Waals surface area (Å²) >= 11 is 0. The number of likely N-dealkylation sites (tertiary alicyclic amines) is 2. The van der Waals surface area contributed by atoms with Crippen molar-refractivity contribution >= 4 is 17.9 Å². The van der Waals surface area contributed by atoms with Gasteiger partial charge in [-0.3, -0.25) is 9.59 Å². The van der Waals surface area contributed by atoms with Crippen LogP contribution in [0.2, 0.25) is 0 Å². The van der Waals surface area contributed by atoms with Crippen LogP contribution in [0.1, 0.15) is 71.3 Å². The van der Waals surface area contributed by atoms with Gasteiger partial charge in [-0.15, -0.1) is 0 Å². The maximum atomic E-state index is 13.7. The van der Waals surface area contributed by atoms with E-state index in [9.17, 15) is 19.6 Å². The Bertz CT molecular complexity index is 1020. The number of carbonyl (C=O) groups is 3. The number of ether oxygens (including phenoxy) is 1. The second-order valence-corrected chi connectivity index (χ2v) is 11.8. The molecule has 8 nitrogen and oxygen atoms in total. The molecule has 3 unspecified atom stereocenters. The highest BCUT2D eigenvalue weighted by Crippen LogP contribution is 2.38. The predicted octanol–water partition coefficient (Wildman–Crippen LogP) is 4.00. The molecule has 0 aromatic heterocycles. The number of amides is 3. The Morgan fingerprint density at radius 3 is 2.11 bits per heavy atom. The normalized spacial score (nSPS) is 25.7. The fourth-order valence-corrected chi connectivity index (χ4v) is 6.07. The number of piperidine rings is 1. The minimum absolute atomic E-state index is 0.0270. The molecule has 3 atom stereocenters. The van der Waals surface area contributed by atoms with Gasteiger partial charge in [-0.25, -0.2) is 4.79 Å². The molecule has 0 spiro atoms. The number of benzene rings is 1. The van der Waals surface area contributed by atoms with Gasteiger partial charge in [-0.05, 0) is 58.4 Å². The van der Waals surface area contributed by atoms with E-state index in [1.54, 1.807) is 0 Å². The summed E-state index contributed by atoms with van der Waals surface area (Å²) in [6, 6.07) is 12.2. The predicted molar refractivity (Wildman–Crippen MR) is 139 cm³/mol. The minimum Gasteiger partial charge on any atom is -0.444 e. The highest BCUT2D eigenvalue weighted by atomic mass is 16.6. The number of nitriles is 1. The van der Waals surface area contributed by atoms with Crippen LogP contribution in [0.3, 0.4) is 0 Å². The number of alkyl carbamates (subject to hydrolysis) is 1. The van der Waals surface area contributed by atoms with Gasteiger partial charge in [-0.2, -0.15) is 5.26 Å². The number of carbonyl (C=O) groups excluding carboxylic acids is 3. The molecule has 0 bridgehead atoms. The molecule has 0 radical (unpaired) electrons. The third kappa shape index (κ3) is 6.26. The number of hydrogen-bond acceptors (Lipinski definition) is 5. The molecule has 1 aromatic carbocycles. The first-order valence-corrected chi connectivity index (χ1v) is 13.7. The molecule has 1 N–H and O–H groups in total. The number of hydrogen-bond donors (Lipinski definition) is 1. The molecule has 3 amide bonds. The minimum atomic E-state index is -0.573. The Morgan fingerprint density at radius 2 is 1.54 bits per heavy atom. The molecule has 1 aliphatic carbocycles. The van der Waals surface area contributed by atoms with E-state index in [0.29, 0.717) is 45.4 Å². The zero-order valence-corrected chi connectivity index (χ0v) is 22.4. The summed E-state index contributed by atoms with van der Waals surface area (Å²) in [4.78, 5) is 43.1. The zero-order valence-electron chi connectivity index (χ0n) is 22.4. The van der Waals surface area contributed by atoms with Crippen molar-refractivity contribution < 1.29 is 19.1 Å². The molecule has 3 fully saturated rings. The monoisotopic (exact) mass is 508 g/mol. The van der Waals surface area contributed by atoms with E-state index >= 15 is 0 Å². The molecule has 37 heavy (non-hydrogen) atoms. The van der Waals surface area contributed by atoms with Gasteiger partial charge >= 0.3 is 6.09 Å². The maximum absolute atomic E-state index is 13.7. The summed E-state index contributed by atoms with van der Waals surface area (Å²) in [5, 5.41) is 12.9. The van der Waals surface area contributed by atoms with Crippen LogP contribution in [0.4, 0.5) is 4.79 Å². The van der Waals surface area contributed by atoms with E-state index in [1.807, 2.05) is 60.9 Å². The molecule has 2 aliphatic heterocycles. The molecule has 2 saturated heterocycles. The average molecular weight is 509 g/mol. The Balaban J connectivity index is 1.36. The first-order chi connectivity index (χ1) is 17.6. The van der Waals surface area contributed by atoms with Crippen LogP contribution >= 0.6 is 0 Å². The van der Waals surface area contributed by atoms with Crippen molar-refractivity contribution in [3.63, 3.8) is 0 Å². The Morgan fingerprint density at radius 1 is 0.946 bits per heavy atom. The van der Waals surface area contributed by atoms with Gasteiger partial charge in [0.05, 0.1) is 17.5 Å². The van der Waals surface area contributed by atoms with Gasteiger partial charge in [-0.1, -0.05) is 43.2 Å². The average Bonchev–Trinajstić information content (AvgIpc) is 3.35. The zero-order chi connectivity index (χ0) is 26.6. The highest BCUT2D eigenvalue weighted by molar-refractivity contribution is 5.88. The van der Waals surface area contributed by atoms with Crippen molar-refractivity contribution in [1.29, 1.82) is 5.26 Å². The lowest BCUT2D eigenvalue weighted by Crippen LogP contribution is -2.50. The quantitative estimate of drug-likeness (QED) is 0.662. The molecular weight excluding hydrogens is 468 g/mol. The van der Waals surface area contributed by atoms with Gasteiger partial charge in [0.1, 0.15) is 5.60 Å². The molecule has 1 saturated carbocycles. The fourth-order valence-electron chi connectivity index (χ4n) is 6.07. The van der Waals surface area contributed by atoms with Crippen molar-refractivity contribution in [1.82, 2.24) is 15.1 Å². The van der Waals surface area contributed by atoms with Gasteiger partial charge in [0.2, 0.25) is 11.8 Å². The van der Waals surface area contributed by atoms with E-state index in [-0.39, 0.29) is 29.7 Å². The van der Waals surface area contributed by atoms with Gasteiger partial charge in [0.25, 0.3) is 0 Å². The van der Waals surface area contributed by atoms with E-state index in [0.717, 1.165) is 31.2 Å². The molecule has 8 heteroatoms. The smallest absolute Gasteiger partial charge is 0.407 e. The van der Waals surface area contributed by atoms with Gasteiger partial charge in [0, 0.05) is 38.0 Å². The lowest BCUT2D eigenvalue weighted by molar-refractivity contribution is -0.148. The lowest BCUT2D eigenvalue weighted by Gasteiger charge is -2.41. The van der Waals surface area contributed by atoms with Gasteiger partial charge < -0.3 is 19.9 Å². The summed E-state index contributed by atoms with van der Waals surface area (Å²) in [6.45, 7) is 7.54. The third-order valence-electron chi connectivity index (χ3n) is 8.09. The second kappa shape index (κ2) is 11.1. The van der Waals surface area contributed by atoms with E-state index in [2.05, 4.69) is 11.4 Å². The summed E-state index contributed by atoms with van der Waals surface area (Å²) in [6.07, 6.45) is 4.76. The summed E-state index contributed by atoms with van der Waals surface area (Å²) in [5.41, 5.74) is -0.124. The van der Waals surface area contributed by atoms with Crippen molar-refractivity contribution in [3.8, 4) is 6.07 Å². The topological polar surface area (TPSA) is 103 Å². The first kappa shape index (κ1) is 27.0. The summed E-state index contributed by atoms with van der Waals surface area (Å²) in [7, 11) is 0. The second-order valence-electron chi connectivity index (χ2n) is 11.8. The van der Waals surface area contributed by atoms with Crippen LogP contribution in [0.5, 0.6) is 0 Å². The summed E-state index contributed by atoms with van der Waals surface area (Å²) < 4.78 is 5.35. The number of nitrogens with zero attached hydrogens (tertiary/aromatic N) is 3. The van der Waals surface area contributed by atoms with Crippen molar-refractivity contribution in [3.05, 3.63) is 35.9 Å². The maximum Gasteiger partial charge on any atom is 0.407 e. The Labute approximate surface area is 220 Å². The van der Waals surface area contributed by atoms with Crippen LogP contribution in [0, 0.1) is 23.2 Å². The summed E-state index contributed by atoms with van der Waals surface area (Å²) in [5.74, 6) is -0.553. The van der Waals surface area contributed by atoms with Crippen LogP contribution in [-0.2, 0) is 19.7 Å². The molecule has 3 aliphatic rings. The molecule has 4 rings (SSSR count). The highest BCUT2D eigenvalue weighted by Gasteiger charge is 2.44. The molecular formula is C29H40N4O4. The van der Waals surface area contributed by atoms with Crippen molar-refractivity contribution in [2.24, 2.45) is 11.8 Å². The van der Waals surface area contributed by atoms with Crippen LogP contribution < -0.4 is 5.32 Å². The number of nitrogens with one attached hydrogen (secondary N) is 1. The lowest BCUT2D eigenvalue weighted by atomic mass is 9.73. The van der Waals surface area contributed by atoms with Gasteiger partial charge in [0.15, 0.2) is 0 Å². The van der Waals surface area contributed by atoms with Crippen LogP contribution in [-0.4, -0.2) is 65.5 Å². The fraction of sp³-hybridized carbons (Fsp3) is 0.655. The largest absolute Gasteiger partial charge is 0.444 e. The third-order valence-corrected chi connectivity index (χ3v) is 8.09. The standard InChI is InChI=1S/C29H40N4O4/c1-28(2,3)37-27(36)31-22-13-16-33(19-22)26(35)24-12-8-7-11-23(24)25(34)32-17-14-29(20-30,15-18-32)21-9-5-4-6-10-21/h4-6,9-10,22-24H,7-8,11-19H2,1-3H3,(H,31,36). The molecule has 2 heterocycles. The van der Waals surface area contributed by atoms with Crippen molar-refractivity contribution in [2.75, 3.05) is 26.2 Å². The van der Waals surface area contributed by atoms with E-state index in [1.165, 1.54) is 0 Å². The van der Waals surface area contributed by atoms with Crippen LogP contribution in [0.25, 0.3) is 0 Å². The number of rotatable bonds is 4.